The molecule has 6 rings (SSSR count). The van der Waals surface area contributed by atoms with Crippen LogP contribution < -0.4 is 4.74 Å². The Morgan fingerprint density at radius 1 is 1.06 bits per heavy atom. The molecule has 6 atom stereocenters. The molecule has 2 aromatic carbocycles. The summed E-state index contributed by atoms with van der Waals surface area (Å²) >= 11 is 0. The van der Waals surface area contributed by atoms with Crippen molar-refractivity contribution in [2.75, 3.05) is 7.11 Å². The van der Waals surface area contributed by atoms with E-state index in [2.05, 4.69) is 25.1 Å². The van der Waals surface area contributed by atoms with E-state index in [4.69, 9.17) is 4.74 Å². The molecule has 0 unspecified atom stereocenters. The second kappa shape index (κ2) is 6.48. The SMILES string of the molecule is COc1ccc2c(c1)CC[C@H]1[C@@H]2CC[C@@]2(C)[C@@]13C=C[C@]2(O)C[C@H]3S(=O)(=O)c1ccccc1. The van der Waals surface area contributed by atoms with Crippen LogP contribution in [0.2, 0.25) is 0 Å². The van der Waals surface area contributed by atoms with Gasteiger partial charge in [-0.15, -0.1) is 0 Å². The Labute approximate surface area is 190 Å². The van der Waals surface area contributed by atoms with Gasteiger partial charge in [0.25, 0.3) is 0 Å². The number of hydrogen-bond donors (Lipinski definition) is 1. The molecule has 5 heteroatoms. The minimum atomic E-state index is -3.60. The van der Waals surface area contributed by atoms with Gasteiger partial charge in [-0.2, -0.15) is 0 Å². The largest absolute Gasteiger partial charge is 0.497 e. The fraction of sp³-hybridized carbons (Fsp3) is 0.481. The van der Waals surface area contributed by atoms with E-state index in [-0.39, 0.29) is 12.3 Å². The highest BCUT2D eigenvalue weighted by atomic mass is 32.2. The van der Waals surface area contributed by atoms with Crippen molar-refractivity contribution in [2.24, 2.45) is 16.7 Å². The van der Waals surface area contributed by atoms with Gasteiger partial charge in [0.15, 0.2) is 9.84 Å². The predicted molar refractivity (Wildman–Crippen MR) is 123 cm³/mol. The monoisotopic (exact) mass is 450 g/mol. The van der Waals surface area contributed by atoms with E-state index in [0.717, 1.165) is 31.4 Å². The molecule has 0 heterocycles. The fourth-order valence-electron chi connectivity index (χ4n) is 7.96. The van der Waals surface area contributed by atoms with Crippen LogP contribution in [0, 0.1) is 16.7 Å². The zero-order chi connectivity index (χ0) is 22.4. The van der Waals surface area contributed by atoms with Gasteiger partial charge in [0, 0.05) is 10.8 Å². The second-order valence-corrected chi connectivity index (χ2v) is 12.6. The molecule has 2 aromatic rings. The molecule has 2 bridgehead atoms. The van der Waals surface area contributed by atoms with Crippen LogP contribution in [0.4, 0.5) is 0 Å². The third-order valence-electron chi connectivity index (χ3n) is 9.55. The molecular weight excluding hydrogens is 420 g/mol. The van der Waals surface area contributed by atoms with Gasteiger partial charge in [-0.25, -0.2) is 8.42 Å². The molecule has 0 spiro atoms. The van der Waals surface area contributed by atoms with Crippen molar-refractivity contribution in [3.63, 3.8) is 0 Å². The van der Waals surface area contributed by atoms with Crippen LogP contribution >= 0.6 is 0 Å². The molecule has 2 fully saturated rings. The summed E-state index contributed by atoms with van der Waals surface area (Å²) in [6.07, 6.45) is 7.99. The summed E-state index contributed by atoms with van der Waals surface area (Å²) in [7, 11) is -1.90. The number of aliphatic hydroxyl groups is 1. The van der Waals surface area contributed by atoms with Crippen molar-refractivity contribution in [1.82, 2.24) is 0 Å². The first-order valence-electron chi connectivity index (χ1n) is 11.7. The molecule has 0 radical (unpaired) electrons. The minimum absolute atomic E-state index is 0.193. The van der Waals surface area contributed by atoms with Crippen LogP contribution in [0.15, 0.2) is 65.6 Å². The minimum Gasteiger partial charge on any atom is -0.497 e. The number of allylic oxidation sites excluding steroid dienone is 1. The van der Waals surface area contributed by atoms with Crippen molar-refractivity contribution in [3.05, 3.63) is 71.8 Å². The van der Waals surface area contributed by atoms with Crippen molar-refractivity contribution in [3.8, 4) is 5.75 Å². The van der Waals surface area contributed by atoms with Crippen LogP contribution in [0.3, 0.4) is 0 Å². The maximum atomic E-state index is 14.0. The quantitative estimate of drug-likeness (QED) is 0.690. The molecule has 0 aliphatic heterocycles. The van der Waals surface area contributed by atoms with E-state index < -0.39 is 31.5 Å². The van der Waals surface area contributed by atoms with Gasteiger partial charge in [0.2, 0.25) is 0 Å². The van der Waals surface area contributed by atoms with E-state index >= 15 is 0 Å². The van der Waals surface area contributed by atoms with Gasteiger partial charge >= 0.3 is 0 Å². The number of hydrogen-bond acceptors (Lipinski definition) is 4. The Morgan fingerprint density at radius 3 is 2.59 bits per heavy atom. The number of sulfone groups is 1. The number of fused-ring (bicyclic) bond motifs is 3. The third kappa shape index (κ3) is 2.29. The first-order valence-corrected chi connectivity index (χ1v) is 13.2. The average molecular weight is 451 g/mol. The lowest BCUT2D eigenvalue weighted by molar-refractivity contribution is -0.0865. The Morgan fingerprint density at radius 2 is 1.84 bits per heavy atom. The Hall–Kier alpha value is -2.11. The average Bonchev–Trinajstić information content (AvgIpc) is 3.18. The lowest BCUT2D eigenvalue weighted by Gasteiger charge is -2.57. The molecule has 32 heavy (non-hydrogen) atoms. The number of aryl methyl sites for hydroxylation is 1. The van der Waals surface area contributed by atoms with Crippen LogP contribution in [0.5, 0.6) is 5.75 Å². The fourth-order valence-corrected chi connectivity index (χ4v) is 10.3. The van der Waals surface area contributed by atoms with E-state index in [1.54, 1.807) is 31.4 Å². The van der Waals surface area contributed by atoms with Crippen molar-refractivity contribution in [2.45, 2.75) is 60.7 Å². The topological polar surface area (TPSA) is 63.6 Å². The highest BCUT2D eigenvalue weighted by molar-refractivity contribution is 7.92. The standard InChI is InChI=1S/C27H30O4S/c1-25-13-12-22-21-10-9-19(31-2)16-18(21)8-11-23(22)27(25)15-14-26(25,28)17-24(27)32(29,30)20-6-4-3-5-7-20/h3-7,9-10,14-16,22-24,28H,8,11-13,17H2,1-2H3/t22-,23+,24-,25-,26+,27+/m1/s1. The molecule has 1 N–H and O–H groups in total. The van der Waals surface area contributed by atoms with Gasteiger partial charge in [0.05, 0.1) is 22.9 Å². The smallest absolute Gasteiger partial charge is 0.182 e. The number of benzene rings is 2. The molecule has 0 aromatic heterocycles. The van der Waals surface area contributed by atoms with Crippen molar-refractivity contribution >= 4 is 9.84 Å². The predicted octanol–water partition coefficient (Wildman–Crippen LogP) is 4.67. The van der Waals surface area contributed by atoms with Crippen LogP contribution in [-0.2, 0) is 16.3 Å². The molecule has 4 aliphatic carbocycles. The Balaban J connectivity index is 1.51. The first-order chi connectivity index (χ1) is 15.3. The summed E-state index contributed by atoms with van der Waals surface area (Å²) in [4.78, 5) is 0.370. The molecule has 0 saturated heterocycles. The maximum Gasteiger partial charge on any atom is 0.182 e. The second-order valence-electron chi connectivity index (χ2n) is 10.4. The van der Waals surface area contributed by atoms with Crippen molar-refractivity contribution < 1.29 is 18.3 Å². The van der Waals surface area contributed by atoms with Gasteiger partial charge in [-0.3, -0.25) is 0 Å². The first kappa shape index (κ1) is 20.5. The Bertz CT molecular complexity index is 1220. The molecular formula is C27H30O4S. The summed E-state index contributed by atoms with van der Waals surface area (Å²) in [5, 5.41) is 11.2. The molecule has 2 saturated carbocycles. The summed E-state index contributed by atoms with van der Waals surface area (Å²) in [5.41, 5.74) is 0.576. The van der Waals surface area contributed by atoms with Gasteiger partial charge < -0.3 is 9.84 Å². The zero-order valence-electron chi connectivity index (χ0n) is 18.6. The third-order valence-corrected chi connectivity index (χ3v) is 11.8. The van der Waals surface area contributed by atoms with Crippen LogP contribution in [0.25, 0.3) is 0 Å². The summed E-state index contributed by atoms with van der Waals surface area (Å²) in [6, 6.07) is 15.2. The lowest BCUT2D eigenvalue weighted by Crippen LogP contribution is -2.56. The van der Waals surface area contributed by atoms with Crippen LogP contribution in [0.1, 0.15) is 49.7 Å². The van der Waals surface area contributed by atoms with Gasteiger partial charge in [0.1, 0.15) is 5.75 Å². The molecule has 168 valence electrons. The lowest BCUT2D eigenvalue weighted by atomic mass is 9.48. The van der Waals surface area contributed by atoms with Gasteiger partial charge in [-0.1, -0.05) is 43.3 Å². The van der Waals surface area contributed by atoms with E-state index in [1.807, 2.05) is 18.2 Å². The maximum absolute atomic E-state index is 14.0. The highest BCUT2D eigenvalue weighted by Gasteiger charge is 2.77. The normalized spacial score (nSPS) is 39.3. The molecule has 4 nitrogen and oxygen atoms in total. The summed E-state index contributed by atoms with van der Waals surface area (Å²) in [5.74, 6) is 1.37. The molecule has 0 amide bonds. The molecule has 4 aliphatic rings. The summed E-state index contributed by atoms with van der Waals surface area (Å²) in [6.45, 7) is 2.15. The number of methoxy groups -OCH3 is 1. The van der Waals surface area contributed by atoms with E-state index in [9.17, 15) is 13.5 Å². The van der Waals surface area contributed by atoms with E-state index in [0.29, 0.717) is 10.8 Å². The van der Waals surface area contributed by atoms with Crippen LogP contribution in [-0.4, -0.2) is 31.5 Å². The zero-order valence-corrected chi connectivity index (χ0v) is 19.4. The van der Waals surface area contributed by atoms with Crippen molar-refractivity contribution in [1.29, 1.82) is 0 Å². The number of rotatable bonds is 3. The van der Waals surface area contributed by atoms with Gasteiger partial charge in [-0.05, 0) is 79.3 Å². The van der Waals surface area contributed by atoms with E-state index in [1.165, 1.54) is 11.1 Å². The highest BCUT2D eigenvalue weighted by Crippen LogP contribution is 2.76. The Kier molecular flexibility index (Phi) is 4.15. The summed E-state index contributed by atoms with van der Waals surface area (Å²) < 4.78 is 33.5. The number of ether oxygens (including phenoxy) is 1.